The molecule has 0 bridgehead atoms. The highest BCUT2D eigenvalue weighted by molar-refractivity contribution is 5.85. The summed E-state index contributed by atoms with van der Waals surface area (Å²) in [7, 11) is 10.3. The number of phenols is 2. The van der Waals surface area contributed by atoms with E-state index in [0.29, 0.717) is 49.3 Å². The van der Waals surface area contributed by atoms with Crippen molar-refractivity contribution in [2.45, 2.75) is 103 Å². The predicted octanol–water partition coefficient (Wildman–Crippen LogP) is 15.2. The first-order valence-electron chi connectivity index (χ1n) is 33.4. The Morgan fingerprint density at radius 1 is 0.438 bits per heavy atom. The van der Waals surface area contributed by atoms with Crippen molar-refractivity contribution in [3.8, 4) is 68.3 Å². The summed E-state index contributed by atoms with van der Waals surface area (Å²) in [6.07, 6.45) is 17.2. The van der Waals surface area contributed by atoms with Gasteiger partial charge in [0.05, 0.1) is 116 Å². The highest BCUT2D eigenvalue weighted by atomic mass is 16.5. The van der Waals surface area contributed by atoms with E-state index in [2.05, 4.69) is 119 Å². The van der Waals surface area contributed by atoms with Gasteiger partial charge in [0.1, 0.15) is 34.5 Å². The van der Waals surface area contributed by atoms with E-state index in [0.717, 1.165) is 152 Å². The molecule has 0 radical (unpaired) electrons. The number of nitrogens with zero attached hydrogens (tertiary/aromatic N) is 15. The maximum absolute atomic E-state index is 10.2. The average Bonchev–Trinajstić information content (AvgIpc) is 1.64. The monoisotopic (exact) mass is 1430 g/mol. The molecule has 0 amide bonds. The number of phenolic OH excluding ortho intramolecular Hbond substituents is 2. The molecule has 0 aliphatic heterocycles. The van der Waals surface area contributed by atoms with Gasteiger partial charge in [0, 0.05) is 195 Å². The number of aromatic hydroxyl groups is 2. The summed E-state index contributed by atoms with van der Waals surface area (Å²) < 4.78 is 25.4. The molecule has 0 spiro atoms. The molecule has 6 aromatic heterocycles. The number of aromatic amines is 1. The second-order valence-electron chi connectivity index (χ2n) is 24.9. The van der Waals surface area contributed by atoms with Gasteiger partial charge in [-0.15, -0.1) is 0 Å². The van der Waals surface area contributed by atoms with E-state index in [1.54, 1.807) is 105 Å². The molecule has 12 rings (SSSR count). The third-order valence-corrected chi connectivity index (χ3v) is 16.6. The van der Waals surface area contributed by atoms with Crippen LogP contribution < -0.4 is 50.0 Å². The largest absolute Gasteiger partial charge is 0.508 e. The van der Waals surface area contributed by atoms with Crippen molar-refractivity contribution >= 4 is 67.2 Å². The number of ether oxygens (including phenoxy) is 4. The number of hydrogen-bond donors (Lipinski definition) is 6. The van der Waals surface area contributed by atoms with Gasteiger partial charge < -0.3 is 60.2 Å². The van der Waals surface area contributed by atoms with E-state index in [-0.39, 0.29) is 48.6 Å². The zero-order valence-corrected chi connectivity index (χ0v) is 59.0. The molecule has 562 valence electrons. The maximum atomic E-state index is 10.2. The molecule has 0 saturated carbocycles. The lowest BCUT2D eigenvalue weighted by Gasteiger charge is -2.32. The van der Waals surface area contributed by atoms with Crippen molar-refractivity contribution in [1.82, 2.24) is 75.2 Å². The van der Waals surface area contributed by atoms with Crippen LogP contribution in [0.15, 0.2) is 165 Å². The van der Waals surface area contributed by atoms with Crippen molar-refractivity contribution in [2.24, 2.45) is 19.8 Å². The van der Waals surface area contributed by atoms with E-state index in [1.165, 1.54) is 0 Å². The van der Waals surface area contributed by atoms with E-state index in [9.17, 15) is 10.2 Å². The Balaban J connectivity index is 0.000000277. The molecule has 0 aliphatic rings. The minimum absolute atomic E-state index is 0. The second kappa shape index (κ2) is 40.2. The summed E-state index contributed by atoms with van der Waals surface area (Å²) in [5.74, 6) is 2.98. The average molecular weight is 1430 g/mol. The van der Waals surface area contributed by atoms with Crippen molar-refractivity contribution in [2.75, 3.05) is 95.5 Å². The highest BCUT2D eigenvalue weighted by Gasteiger charge is 2.20. The smallest absolute Gasteiger partial charge is 0.124 e. The molecule has 25 nitrogen and oxygen atoms in total. The summed E-state index contributed by atoms with van der Waals surface area (Å²) >= 11 is 0. The molecule has 7 N–H and O–H groups in total. The zero-order chi connectivity index (χ0) is 70.8. The van der Waals surface area contributed by atoms with Crippen LogP contribution in [0.5, 0.6) is 34.5 Å². The van der Waals surface area contributed by atoms with Gasteiger partial charge in [-0.1, -0.05) is 64.8 Å². The van der Waals surface area contributed by atoms with Gasteiger partial charge in [-0.25, -0.2) is 15.0 Å². The van der Waals surface area contributed by atoms with Gasteiger partial charge in [-0.2, -0.15) is 15.3 Å². The number of aryl methyl sites for hydroxylation is 2. The normalized spacial score (nSPS) is 10.8. The number of aromatic nitrogens is 12. The number of H-pyrrole nitrogens is 1. The first kappa shape index (κ1) is 84.7. The summed E-state index contributed by atoms with van der Waals surface area (Å²) in [4.78, 5) is 37.3. The zero-order valence-electron chi connectivity index (χ0n) is 59.0. The second-order valence-corrected chi connectivity index (χ2v) is 24.9. The van der Waals surface area contributed by atoms with Gasteiger partial charge in [0.2, 0.25) is 0 Å². The van der Waals surface area contributed by atoms with Crippen molar-refractivity contribution < 1.29 is 29.2 Å². The molecule has 0 saturated heterocycles. The Hall–Kier alpha value is -11.0. The summed E-state index contributed by atoms with van der Waals surface area (Å²) in [6.45, 7) is 19.1. The highest BCUT2D eigenvalue weighted by Crippen LogP contribution is 2.38. The number of nitrogens with one attached hydrogen (secondary N) is 3. The molecule has 0 atom stereocenters. The van der Waals surface area contributed by atoms with Gasteiger partial charge in [-0.3, -0.25) is 34.3 Å². The maximum Gasteiger partial charge on any atom is 0.124 e. The molecule has 12 aromatic rings. The van der Waals surface area contributed by atoms with Gasteiger partial charge in [0.25, 0.3) is 0 Å². The molecule has 105 heavy (non-hydrogen) atoms. The number of anilines is 6. The van der Waals surface area contributed by atoms with Crippen molar-refractivity contribution in [3.05, 3.63) is 165 Å². The lowest BCUT2D eigenvalue weighted by atomic mass is 10.1. The SMILES string of the molecule is C.C.C.C.C.COc1cc(O)cc(N(CCNC(C)C)c2ccc3ncc(-c4cn[nH]c4)nc3c2)c1.COc1cc(O)cc(N(CCNC(C)C)c2ccc3ncc(-c4cnn(C)c4)nc3c2)c1.COc1cc(OC)cc(N(CCN(CCCN)C(C)C)c2ccc3ncc(-c4cnn(C)c4)nc3c2)c1. The first-order chi connectivity index (χ1) is 48.4. The number of rotatable bonds is 28. The Morgan fingerprint density at radius 2 is 0.819 bits per heavy atom. The fourth-order valence-corrected chi connectivity index (χ4v) is 11.4. The Labute approximate surface area is 620 Å². The van der Waals surface area contributed by atoms with E-state index in [4.69, 9.17) is 39.6 Å². The summed E-state index contributed by atoms with van der Waals surface area (Å²) in [6, 6.07) is 35.8. The van der Waals surface area contributed by atoms with Crippen LogP contribution in [0.3, 0.4) is 0 Å². The topological polar surface area (TPSA) is 282 Å². The number of hydrogen-bond acceptors (Lipinski definition) is 22. The molecule has 6 aromatic carbocycles. The van der Waals surface area contributed by atoms with E-state index < -0.39 is 0 Å². The molecule has 6 heterocycles. The lowest BCUT2D eigenvalue weighted by Crippen LogP contribution is -2.38. The number of benzene rings is 6. The van der Waals surface area contributed by atoms with E-state index >= 15 is 0 Å². The number of fused-ring (bicyclic) bond motifs is 3. The van der Waals surface area contributed by atoms with Crippen LogP contribution in [0.1, 0.15) is 85.1 Å². The van der Waals surface area contributed by atoms with Crippen molar-refractivity contribution in [1.29, 1.82) is 0 Å². The molecule has 0 unspecified atom stereocenters. The van der Waals surface area contributed by atoms with Gasteiger partial charge >= 0.3 is 0 Å². The quantitative estimate of drug-likeness (QED) is 0.0266. The summed E-state index contributed by atoms with van der Waals surface area (Å²) in [5, 5.41) is 42.6. The fraction of sp³-hybridized carbons (Fsp3) is 0.362. The predicted molar refractivity (Wildman–Crippen MR) is 431 cm³/mol. The van der Waals surface area contributed by atoms with Crippen LogP contribution in [-0.4, -0.2) is 174 Å². The first-order valence-corrected chi connectivity index (χ1v) is 33.4. The molecule has 0 aliphatic carbocycles. The summed E-state index contributed by atoms with van der Waals surface area (Å²) in [5.41, 5.74) is 21.3. The van der Waals surface area contributed by atoms with Crippen LogP contribution in [0.25, 0.3) is 66.9 Å². The van der Waals surface area contributed by atoms with Crippen LogP contribution in [-0.2, 0) is 14.1 Å². The third-order valence-electron chi connectivity index (χ3n) is 16.6. The molecular formula is C80H111N19O6. The molecule has 0 fully saturated rings. The molecular weight excluding hydrogens is 1320 g/mol. The van der Waals surface area contributed by atoms with Crippen molar-refractivity contribution in [3.63, 3.8) is 0 Å². The fourth-order valence-electron chi connectivity index (χ4n) is 11.4. The van der Waals surface area contributed by atoms with Gasteiger partial charge in [0.15, 0.2) is 0 Å². The minimum Gasteiger partial charge on any atom is -0.508 e. The van der Waals surface area contributed by atoms with Crippen LogP contribution in [0.4, 0.5) is 34.1 Å². The van der Waals surface area contributed by atoms with Crippen LogP contribution in [0.2, 0.25) is 0 Å². The Morgan fingerprint density at radius 3 is 1.16 bits per heavy atom. The van der Waals surface area contributed by atoms with E-state index in [1.807, 2.05) is 99.3 Å². The number of nitrogens with two attached hydrogens (primary N) is 1. The van der Waals surface area contributed by atoms with Gasteiger partial charge in [-0.05, 0) is 88.0 Å². The van der Waals surface area contributed by atoms with Crippen LogP contribution in [0, 0.1) is 0 Å². The van der Waals surface area contributed by atoms with Crippen LogP contribution >= 0.6 is 0 Å². The Kier molecular flexibility index (Phi) is 32.4. The number of methoxy groups -OCH3 is 4. The lowest BCUT2D eigenvalue weighted by molar-refractivity contribution is 0.226. The third kappa shape index (κ3) is 22.5. The standard InChI is InChI=1S/C28H37N7O2.C24H28N6O2.C23H26N6O2.5CH4/c1-20(2)34(10-6-9-29)11-12-35(23-13-24(36-4)16-25(14-23)37-5)22-7-8-26-27(15-22)32-28(18-30-26)21-17-31-33(3)19-21;1-16(2)25-7-8-30(19-9-20(31)12-21(10-19)32-4)18-5-6-22-23(11-18)28-24(14-26-22)17-13-27-29(3)15-17;1-15(2)24-6-7-29(18-8-19(30)11-20(9-18)31-3)17-4-5-21-22(10-17)28-23(14-25-21)16-12-26-27-13-16;;;;;/h7-8,13-20H,6,9-12,29H2,1-5H3;5-6,9-16,25,31H,7-8H2,1-4H3;4-5,8-15,24,30H,6-7H2,1-3H3,(H,26,27);5*1H4. The minimum atomic E-state index is 0. The molecule has 25 heteroatoms. The Bertz CT molecular complexity index is 4600.